The monoisotopic (exact) mass is 385 g/mol. The van der Waals surface area contributed by atoms with Crippen LogP contribution < -0.4 is 10.1 Å². The van der Waals surface area contributed by atoms with Gasteiger partial charge in [0.2, 0.25) is 0 Å². The van der Waals surface area contributed by atoms with Crippen molar-refractivity contribution in [3.05, 3.63) is 65.7 Å². The molecule has 0 aliphatic carbocycles. The van der Waals surface area contributed by atoms with E-state index in [0.29, 0.717) is 6.54 Å². The first-order valence-electron chi connectivity index (χ1n) is 8.45. The summed E-state index contributed by atoms with van der Waals surface area (Å²) in [6.45, 7) is 1.89. The largest absolute Gasteiger partial charge is 0.497 e. The normalized spacial score (nSPS) is 11.8. The molecule has 27 heavy (non-hydrogen) atoms. The van der Waals surface area contributed by atoms with Crippen LogP contribution in [-0.2, 0) is 20.9 Å². The highest BCUT2D eigenvalue weighted by molar-refractivity contribution is 7.98. The second-order valence-corrected chi connectivity index (χ2v) is 6.63. The zero-order valence-corrected chi connectivity index (χ0v) is 16.4. The molecule has 0 spiro atoms. The molecule has 1 atom stereocenters. The quantitative estimate of drug-likeness (QED) is 0.427. The Morgan fingerprint density at radius 3 is 2.37 bits per heavy atom. The first-order valence-corrected chi connectivity index (χ1v) is 9.67. The number of esters is 1. The van der Waals surface area contributed by atoms with Gasteiger partial charge in [0, 0.05) is 17.5 Å². The maximum absolute atomic E-state index is 12.1. The summed E-state index contributed by atoms with van der Waals surface area (Å²) >= 11 is 1.65. The second-order valence-electron chi connectivity index (χ2n) is 5.75. The molecule has 0 aliphatic rings. The predicted molar refractivity (Wildman–Crippen MR) is 108 cm³/mol. The van der Waals surface area contributed by atoms with E-state index in [-0.39, 0.29) is 5.91 Å². The minimum Gasteiger partial charge on any atom is -0.497 e. The highest BCUT2D eigenvalue weighted by Gasteiger charge is 2.16. The number of thioether (sulfide) groups is 1. The van der Waals surface area contributed by atoms with Gasteiger partial charge in [-0.1, -0.05) is 24.3 Å². The number of ether oxygens (including phenoxy) is 2. The highest BCUT2D eigenvalue weighted by Crippen LogP contribution is 2.15. The molecule has 0 heterocycles. The van der Waals surface area contributed by atoms with Crippen LogP contribution in [0.3, 0.4) is 0 Å². The average molecular weight is 385 g/mol. The molecule has 0 saturated carbocycles. The predicted octanol–water partition coefficient (Wildman–Crippen LogP) is 3.68. The van der Waals surface area contributed by atoms with Gasteiger partial charge >= 0.3 is 5.97 Å². The van der Waals surface area contributed by atoms with Crippen LogP contribution in [0.4, 0.5) is 0 Å². The molecule has 6 heteroatoms. The van der Waals surface area contributed by atoms with Crippen LogP contribution in [0.1, 0.15) is 18.1 Å². The molecule has 0 bridgehead atoms. The van der Waals surface area contributed by atoms with Crippen LogP contribution in [0.2, 0.25) is 0 Å². The summed E-state index contributed by atoms with van der Waals surface area (Å²) < 4.78 is 10.2. The van der Waals surface area contributed by atoms with E-state index in [9.17, 15) is 9.59 Å². The molecule has 2 aromatic rings. The summed E-state index contributed by atoms with van der Waals surface area (Å²) in [5.41, 5.74) is 1.82. The molecule has 2 aromatic carbocycles. The van der Waals surface area contributed by atoms with E-state index in [1.165, 1.54) is 6.08 Å². The maximum Gasteiger partial charge on any atom is 0.331 e. The van der Waals surface area contributed by atoms with E-state index in [1.54, 1.807) is 31.9 Å². The summed E-state index contributed by atoms with van der Waals surface area (Å²) in [5, 5.41) is 2.74. The Morgan fingerprint density at radius 2 is 1.78 bits per heavy atom. The van der Waals surface area contributed by atoms with Crippen LogP contribution in [-0.4, -0.2) is 31.3 Å². The Kier molecular flexibility index (Phi) is 7.95. The fourth-order valence-corrected chi connectivity index (χ4v) is 2.63. The van der Waals surface area contributed by atoms with Crippen LogP contribution in [0.15, 0.2) is 59.5 Å². The lowest BCUT2D eigenvalue weighted by molar-refractivity contribution is -0.150. The molecule has 0 radical (unpaired) electrons. The molecule has 0 saturated heterocycles. The molecular formula is C21H23NO4S. The minimum absolute atomic E-state index is 0.350. The summed E-state index contributed by atoms with van der Waals surface area (Å²) in [5.74, 6) is -0.157. The lowest BCUT2D eigenvalue weighted by atomic mass is 10.2. The van der Waals surface area contributed by atoms with E-state index in [4.69, 9.17) is 9.47 Å². The molecule has 0 aliphatic heterocycles. The van der Waals surface area contributed by atoms with Gasteiger partial charge in [0.25, 0.3) is 5.91 Å². The van der Waals surface area contributed by atoms with Gasteiger partial charge in [-0.3, -0.25) is 4.79 Å². The van der Waals surface area contributed by atoms with E-state index in [0.717, 1.165) is 21.8 Å². The number of rotatable bonds is 8. The Bertz CT molecular complexity index is 785. The molecule has 142 valence electrons. The number of hydrogen-bond donors (Lipinski definition) is 1. The third-order valence-electron chi connectivity index (χ3n) is 3.82. The number of benzene rings is 2. The molecule has 1 N–H and O–H groups in total. The van der Waals surface area contributed by atoms with Crippen molar-refractivity contribution in [1.82, 2.24) is 5.32 Å². The lowest BCUT2D eigenvalue weighted by Gasteiger charge is -2.12. The summed E-state index contributed by atoms with van der Waals surface area (Å²) in [7, 11) is 1.60. The number of hydrogen-bond acceptors (Lipinski definition) is 5. The molecule has 0 fully saturated rings. The first-order chi connectivity index (χ1) is 13.0. The first kappa shape index (κ1) is 20.6. The molecule has 0 aromatic heterocycles. The van der Waals surface area contributed by atoms with Gasteiger partial charge in [-0.15, -0.1) is 11.8 Å². The number of amides is 1. The standard InChI is InChI=1S/C21H23NO4S/c1-15(21(24)22-14-17-4-9-18(25-2)10-5-17)26-20(23)13-8-16-6-11-19(27-3)12-7-16/h4-13,15H,14H2,1-3H3,(H,22,24)/b13-8+/t15-/m0/s1. The van der Waals surface area contributed by atoms with Crippen LogP contribution in [0.25, 0.3) is 6.08 Å². The Morgan fingerprint density at radius 1 is 1.11 bits per heavy atom. The van der Waals surface area contributed by atoms with E-state index in [2.05, 4.69) is 5.32 Å². The summed E-state index contributed by atoms with van der Waals surface area (Å²) in [4.78, 5) is 25.1. The third-order valence-corrected chi connectivity index (χ3v) is 4.56. The van der Waals surface area contributed by atoms with E-state index < -0.39 is 12.1 Å². The Labute approximate surface area is 163 Å². The van der Waals surface area contributed by atoms with Crippen LogP contribution in [0.5, 0.6) is 5.75 Å². The van der Waals surface area contributed by atoms with Gasteiger partial charge in [-0.25, -0.2) is 4.79 Å². The number of carbonyl (C=O) groups is 2. The van der Waals surface area contributed by atoms with Gasteiger partial charge in [-0.05, 0) is 54.6 Å². The molecule has 2 rings (SSSR count). The number of carbonyl (C=O) groups excluding carboxylic acids is 2. The van der Waals surface area contributed by atoms with E-state index in [1.807, 2.05) is 54.8 Å². The van der Waals surface area contributed by atoms with Crippen LogP contribution in [0, 0.1) is 0 Å². The van der Waals surface area contributed by atoms with Gasteiger partial charge in [-0.2, -0.15) is 0 Å². The van der Waals surface area contributed by atoms with Gasteiger partial charge in [0.15, 0.2) is 6.10 Å². The van der Waals surface area contributed by atoms with Gasteiger partial charge in [0.1, 0.15) is 5.75 Å². The number of nitrogens with one attached hydrogen (secondary N) is 1. The molecule has 0 unspecified atom stereocenters. The van der Waals surface area contributed by atoms with Crippen molar-refractivity contribution in [3.8, 4) is 5.75 Å². The van der Waals surface area contributed by atoms with Crippen molar-refractivity contribution in [2.24, 2.45) is 0 Å². The van der Waals surface area contributed by atoms with Crippen molar-refractivity contribution in [2.75, 3.05) is 13.4 Å². The fraction of sp³-hybridized carbons (Fsp3) is 0.238. The fourth-order valence-electron chi connectivity index (χ4n) is 2.22. The molecular weight excluding hydrogens is 362 g/mol. The van der Waals surface area contributed by atoms with Crippen LogP contribution >= 0.6 is 11.8 Å². The number of methoxy groups -OCH3 is 1. The Balaban J connectivity index is 1.79. The summed E-state index contributed by atoms with van der Waals surface area (Å²) in [6, 6.07) is 15.2. The van der Waals surface area contributed by atoms with Gasteiger partial charge in [0.05, 0.1) is 7.11 Å². The zero-order chi connectivity index (χ0) is 19.6. The zero-order valence-electron chi connectivity index (χ0n) is 15.6. The van der Waals surface area contributed by atoms with Gasteiger partial charge < -0.3 is 14.8 Å². The maximum atomic E-state index is 12.1. The smallest absolute Gasteiger partial charge is 0.331 e. The van der Waals surface area contributed by atoms with E-state index >= 15 is 0 Å². The molecule has 1 amide bonds. The van der Waals surface area contributed by atoms with Crippen molar-refractivity contribution in [1.29, 1.82) is 0 Å². The lowest BCUT2D eigenvalue weighted by Crippen LogP contribution is -2.35. The third kappa shape index (κ3) is 6.83. The summed E-state index contributed by atoms with van der Waals surface area (Å²) in [6.07, 6.45) is 4.11. The Hall–Kier alpha value is -2.73. The van der Waals surface area contributed by atoms with Crippen molar-refractivity contribution in [2.45, 2.75) is 24.5 Å². The van der Waals surface area contributed by atoms with Crippen molar-refractivity contribution < 1.29 is 19.1 Å². The topological polar surface area (TPSA) is 64.6 Å². The average Bonchev–Trinajstić information content (AvgIpc) is 2.71. The van der Waals surface area contributed by atoms with Crippen molar-refractivity contribution >= 4 is 29.7 Å². The minimum atomic E-state index is -0.876. The second kappa shape index (κ2) is 10.4. The molecule has 5 nitrogen and oxygen atoms in total. The highest BCUT2D eigenvalue weighted by atomic mass is 32.2. The SMILES string of the molecule is COc1ccc(CNC(=O)[C@H](C)OC(=O)/C=C/c2ccc(SC)cc2)cc1. The van der Waals surface area contributed by atoms with Crippen molar-refractivity contribution in [3.63, 3.8) is 0 Å².